The lowest BCUT2D eigenvalue weighted by molar-refractivity contribution is -0.671. The molecular weight excluding hydrogens is 468 g/mol. The number of halogens is 1. The van der Waals surface area contributed by atoms with E-state index in [1.165, 1.54) is 4.90 Å². The van der Waals surface area contributed by atoms with Crippen molar-refractivity contribution in [3.63, 3.8) is 0 Å². The Kier molecular flexibility index (Phi) is 8.16. The van der Waals surface area contributed by atoms with Crippen molar-refractivity contribution in [1.82, 2.24) is 14.8 Å². The number of thioether (sulfide) groups is 1. The number of amides is 1. The van der Waals surface area contributed by atoms with Gasteiger partial charge in [0, 0.05) is 42.2 Å². The van der Waals surface area contributed by atoms with E-state index in [0.29, 0.717) is 12.6 Å². The van der Waals surface area contributed by atoms with Crippen LogP contribution in [0.25, 0.3) is 0 Å². The van der Waals surface area contributed by atoms with Crippen molar-refractivity contribution < 1.29 is 41.5 Å². The van der Waals surface area contributed by atoms with Gasteiger partial charge < -0.3 is 37.6 Å². The molecule has 4 heterocycles. The molecule has 0 aromatic carbocycles. The quantitative estimate of drug-likeness (QED) is 0.253. The maximum atomic E-state index is 12.5. The Morgan fingerprint density at radius 2 is 2.18 bits per heavy atom. The van der Waals surface area contributed by atoms with Crippen molar-refractivity contribution in [2.45, 2.75) is 63.3 Å². The number of ether oxygens (including phenoxy) is 1. The second-order valence-electron chi connectivity index (χ2n) is 9.17. The summed E-state index contributed by atoms with van der Waals surface area (Å²) in [6.07, 6.45) is 5.28. The SMILES string of the molecule is COCc1c[n+](C)cn1CC[C@@H]1C[C@H](SC2=C(C(=O)O)N3C(=O)[C@H]([C@@H](C)O)[C@H]3[C@H]2C)CN1.[Cl-]. The lowest BCUT2D eigenvalue weighted by Gasteiger charge is -2.46. The molecule has 1 aromatic heterocycles. The first-order chi connectivity index (χ1) is 15.2. The van der Waals surface area contributed by atoms with E-state index in [9.17, 15) is 19.8 Å². The summed E-state index contributed by atoms with van der Waals surface area (Å²) < 4.78 is 9.53. The third-order valence-electron chi connectivity index (χ3n) is 6.84. The number of nitrogens with one attached hydrogen (secondary N) is 1. The monoisotopic (exact) mass is 500 g/mol. The van der Waals surface area contributed by atoms with E-state index in [0.717, 1.165) is 36.5 Å². The molecule has 11 heteroatoms. The van der Waals surface area contributed by atoms with E-state index < -0.39 is 18.0 Å². The first-order valence-corrected chi connectivity index (χ1v) is 12.0. The van der Waals surface area contributed by atoms with Crippen LogP contribution in [0, 0.1) is 11.8 Å². The van der Waals surface area contributed by atoms with Crippen molar-refractivity contribution in [2.24, 2.45) is 18.9 Å². The van der Waals surface area contributed by atoms with Gasteiger partial charge in [-0.1, -0.05) is 6.92 Å². The zero-order valence-electron chi connectivity index (χ0n) is 19.4. The van der Waals surface area contributed by atoms with Crippen LogP contribution in [0.15, 0.2) is 23.1 Å². The smallest absolute Gasteiger partial charge is 0.353 e. The third-order valence-corrected chi connectivity index (χ3v) is 8.35. The topological polar surface area (TPSA) is 108 Å². The molecule has 33 heavy (non-hydrogen) atoms. The minimum absolute atomic E-state index is 0. The molecule has 0 spiro atoms. The second-order valence-corrected chi connectivity index (χ2v) is 10.5. The molecule has 0 unspecified atom stereocenters. The largest absolute Gasteiger partial charge is 1.00 e. The molecule has 0 aliphatic carbocycles. The molecule has 3 N–H and O–H groups in total. The number of fused-ring (bicyclic) bond motifs is 1. The third kappa shape index (κ3) is 4.81. The molecule has 2 fully saturated rings. The van der Waals surface area contributed by atoms with Crippen LogP contribution in [0.5, 0.6) is 0 Å². The van der Waals surface area contributed by atoms with E-state index in [2.05, 4.69) is 22.4 Å². The molecule has 2 saturated heterocycles. The first-order valence-electron chi connectivity index (χ1n) is 11.1. The summed E-state index contributed by atoms with van der Waals surface area (Å²) in [5, 5.41) is 23.7. The minimum Gasteiger partial charge on any atom is -1.00 e. The second kappa shape index (κ2) is 10.4. The Balaban J connectivity index is 0.00000306. The highest BCUT2D eigenvalue weighted by Crippen LogP contribution is 2.51. The van der Waals surface area contributed by atoms with Crippen LogP contribution in [0.2, 0.25) is 0 Å². The van der Waals surface area contributed by atoms with Gasteiger partial charge in [-0.3, -0.25) is 4.79 Å². The van der Waals surface area contributed by atoms with Crippen LogP contribution in [-0.4, -0.2) is 68.6 Å². The number of carbonyl (C=O) groups is 2. The number of carbonyl (C=O) groups excluding carboxylic acids is 1. The van der Waals surface area contributed by atoms with Gasteiger partial charge in [0.05, 0.1) is 31.7 Å². The molecule has 4 rings (SSSR count). The highest BCUT2D eigenvalue weighted by molar-refractivity contribution is 8.03. The zero-order chi connectivity index (χ0) is 23.2. The molecule has 0 saturated carbocycles. The fourth-order valence-corrected chi connectivity index (χ4v) is 6.87. The number of aliphatic carboxylic acids is 1. The van der Waals surface area contributed by atoms with Crippen LogP contribution >= 0.6 is 11.8 Å². The van der Waals surface area contributed by atoms with Gasteiger partial charge >= 0.3 is 5.97 Å². The van der Waals surface area contributed by atoms with E-state index in [1.54, 1.807) is 25.8 Å². The first kappa shape index (κ1) is 26.0. The van der Waals surface area contributed by atoms with Crippen LogP contribution < -0.4 is 22.3 Å². The number of aromatic nitrogens is 2. The van der Waals surface area contributed by atoms with Gasteiger partial charge in [-0.15, -0.1) is 11.8 Å². The highest BCUT2D eigenvalue weighted by atomic mass is 35.5. The van der Waals surface area contributed by atoms with E-state index >= 15 is 0 Å². The van der Waals surface area contributed by atoms with Crippen LogP contribution in [0.4, 0.5) is 0 Å². The molecule has 9 nitrogen and oxygen atoms in total. The molecule has 3 aliphatic rings. The number of hydrogen-bond acceptors (Lipinski definition) is 6. The fourth-order valence-electron chi connectivity index (χ4n) is 5.35. The summed E-state index contributed by atoms with van der Waals surface area (Å²) in [5.74, 6) is -1.94. The number of aliphatic hydroxyl groups excluding tert-OH is 1. The Hall–Kier alpha value is -1.59. The van der Waals surface area contributed by atoms with E-state index in [4.69, 9.17) is 4.74 Å². The molecule has 0 bridgehead atoms. The Labute approximate surface area is 204 Å². The van der Waals surface area contributed by atoms with E-state index in [1.807, 2.05) is 18.5 Å². The van der Waals surface area contributed by atoms with Crippen molar-refractivity contribution in [3.05, 3.63) is 28.8 Å². The van der Waals surface area contributed by atoms with Gasteiger partial charge in [0.15, 0.2) is 5.69 Å². The summed E-state index contributed by atoms with van der Waals surface area (Å²) in [4.78, 5) is 26.7. The number of aryl methyl sites for hydroxylation is 2. The Morgan fingerprint density at radius 3 is 2.82 bits per heavy atom. The number of imidazole rings is 1. The number of nitrogens with zero attached hydrogens (tertiary/aromatic N) is 3. The Morgan fingerprint density at radius 1 is 1.45 bits per heavy atom. The minimum atomic E-state index is -1.06. The van der Waals surface area contributed by atoms with Crippen LogP contribution in [-0.2, 0) is 34.5 Å². The molecular formula is C22H33ClN4O5S. The molecule has 6 atom stereocenters. The van der Waals surface area contributed by atoms with Crippen molar-refractivity contribution in [1.29, 1.82) is 0 Å². The lowest BCUT2D eigenvalue weighted by atomic mass is 9.79. The number of carboxylic acids is 1. The summed E-state index contributed by atoms with van der Waals surface area (Å²) >= 11 is 1.59. The van der Waals surface area contributed by atoms with Gasteiger partial charge in [0.1, 0.15) is 18.5 Å². The van der Waals surface area contributed by atoms with Gasteiger partial charge in [-0.25, -0.2) is 13.9 Å². The van der Waals surface area contributed by atoms with Crippen LogP contribution in [0.3, 0.4) is 0 Å². The van der Waals surface area contributed by atoms with Gasteiger partial charge in [-0.05, 0) is 13.3 Å². The predicted molar refractivity (Wildman–Crippen MR) is 118 cm³/mol. The molecule has 1 amide bonds. The standard InChI is InChI=1S/C22H32N4O5S.ClH/c1-12-18-17(13(2)27)21(28)26(18)19(22(29)30)20(12)32-16-7-14(23-8-16)5-6-25-11-24(3)9-15(25)10-31-4;/h9,11-14,16-18,23,27H,5-8,10H2,1-4H3;1H/t12-,13-,14-,16+,17-,18-;/m1./s1. The highest BCUT2D eigenvalue weighted by Gasteiger charge is 2.60. The number of β-lactam (4-membered cyclic amide) rings is 1. The van der Waals surface area contributed by atoms with Gasteiger partial charge in [0.25, 0.3) is 0 Å². The van der Waals surface area contributed by atoms with E-state index in [-0.39, 0.29) is 41.2 Å². The molecule has 184 valence electrons. The van der Waals surface area contributed by atoms with Gasteiger partial charge in [-0.2, -0.15) is 0 Å². The number of aliphatic hydroxyl groups is 1. The number of carboxylic acid groups (broad SMARTS) is 1. The maximum absolute atomic E-state index is 12.5. The molecule has 0 radical (unpaired) electrons. The van der Waals surface area contributed by atoms with Crippen molar-refractivity contribution >= 4 is 23.6 Å². The van der Waals surface area contributed by atoms with Crippen molar-refractivity contribution in [2.75, 3.05) is 13.7 Å². The average Bonchev–Trinajstić information content (AvgIpc) is 3.37. The molecule has 3 aliphatic heterocycles. The van der Waals surface area contributed by atoms with Crippen molar-refractivity contribution in [3.8, 4) is 0 Å². The van der Waals surface area contributed by atoms with Crippen LogP contribution in [0.1, 0.15) is 32.4 Å². The lowest BCUT2D eigenvalue weighted by Crippen LogP contribution is -3.00. The normalized spacial score (nSPS) is 29.7. The summed E-state index contributed by atoms with van der Waals surface area (Å²) in [5.41, 5.74) is 1.25. The number of methoxy groups -OCH3 is 1. The fraction of sp³-hybridized carbons (Fsp3) is 0.682. The predicted octanol–water partition coefficient (Wildman–Crippen LogP) is -2.53. The Bertz CT molecular complexity index is 936. The molecule has 1 aromatic rings. The number of hydrogen-bond donors (Lipinski definition) is 3. The summed E-state index contributed by atoms with van der Waals surface area (Å²) in [7, 11) is 3.70. The summed E-state index contributed by atoms with van der Waals surface area (Å²) in [6, 6.07) is 0.0972. The average molecular weight is 501 g/mol. The summed E-state index contributed by atoms with van der Waals surface area (Å²) in [6.45, 7) is 5.84. The maximum Gasteiger partial charge on any atom is 0.353 e. The number of rotatable bonds is 9. The van der Waals surface area contributed by atoms with Gasteiger partial charge in [0.2, 0.25) is 12.2 Å². The zero-order valence-corrected chi connectivity index (χ0v) is 21.0.